The minimum absolute atomic E-state index is 0.175. The van der Waals surface area contributed by atoms with Crippen LogP contribution in [0.2, 0.25) is 0 Å². The van der Waals surface area contributed by atoms with Gasteiger partial charge in [0, 0.05) is 31.2 Å². The van der Waals surface area contributed by atoms with Crippen molar-refractivity contribution >= 4 is 6.09 Å². The minimum Gasteiger partial charge on any atom is -0.444 e. The number of rotatable bonds is 3. The molecule has 21 heavy (non-hydrogen) atoms. The molecule has 0 radical (unpaired) electrons. The number of nitrogens with zero attached hydrogens (tertiary/aromatic N) is 1. The summed E-state index contributed by atoms with van der Waals surface area (Å²) in [6.07, 6.45) is 4.41. The van der Waals surface area contributed by atoms with Crippen molar-refractivity contribution in [2.24, 2.45) is 0 Å². The average Bonchev–Trinajstić information content (AvgIpc) is 2.87. The average molecular weight is 297 g/mol. The van der Waals surface area contributed by atoms with Gasteiger partial charge in [-0.1, -0.05) is 0 Å². The molecule has 0 bridgehead atoms. The highest BCUT2D eigenvalue weighted by atomic mass is 16.6. The van der Waals surface area contributed by atoms with Crippen LogP contribution < -0.4 is 10.6 Å². The van der Waals surface area contributed by atoms with E-state index in [0.717, 1.165) is 32.5 Å². The Labute approximate surface area is 128 Å². The molecule has 2 N–H and O–H groups in total. The lowest BCUT2D eigenvalue weighted by Crippen LogP contribution is -2.52. The highest BCUT2D eigenvalue weighted by molar-refractivity contribution is 5.68. The van der Waals surface area contributed by atoms with Gasteiger partial charge in [0.25, 0.3) is 0 Å². The van der Waals surface area contributed by atoms with Crippen LogP contribution in [0.25, 0.3) is 0 Å². The number of carbonyl (C=O) groups is 1. The molecule has 122 valence electrons. The first kappa shape index (κ1) is 16.6. The lowest BCUT2D eigenvalue weighted by Gasteiger charge is -2.39. The normalized spacial score (nSPS) is 30.5. The predicted octanol–water partition coefficient (Wildman–Crippen LogP) is 2.12. The summed E-state index contributed by atoms with van der Waals surface area (Å²) < 4.78 is 5.48. The lowest BCUT2D eigenvalue weighted by molar-refractivity contribution is 0.00933. The summed E-state index contributed by atoms with van der Waals surface area (Å²) in [5.74, 6) is 0. The quantitative estimate of drug-likeness (QED) is 0.838. The molecule has 2 rings (SSSR count). The second kappa shape index (κ2) is 6.97. The molecule has 0 spiro atoms. The van der Waals surface area contributed by atoms with Crippen molar-refractivity contribution in [1.82, 2.24) is 15.5 Å². The van der Waals surface area contributed by atoms with Gasteiger partial charge in [-0.3, -0.25) is 0 Å². The topological polar surface area (TPSA) is 53.6 Å². The molecule has 0 aliphatic carbocycles. The number of amides is 1. The third-order valence-electron chi connectivity index (χ3n) is 4.32. The molecule has 2 aliphatic rings. The van der Waals surface area contributed by atoms with Gasteiger partial charge in [0.15, 0.2) is 0 Å². The maximum atomic E-state index is 12.2. The molecule has 3 atom stereocenters. The van der Waals surface area contributed by atoms with E-state index >= 15 is 0 Å². The van der Waals surface area contributed by atoms with Crippen molar-refractivity contribution in [2.75, 3.05) is 19.6 Å². The fourth-order valence-corrected chi connectivity index (χ4v) is 3.19. The third kappa shape index (κ3) is 5.15. The summed E-state index contributed by atoms with van der Waals surface area (Å²) in [7, 11) is 0. The van der Waals surface area contributed by atoms with E-state index in [4.69, 9.17) is 4.74 Å². The predicted molar refractivity (Wildman–Crippen MR) is 84.5 cm³/mol. The number of carbonyl (C=O) groups excluding carboxylic acids is 1. The van der Waals surface area contributed by atoms with Crippen LogP contribution in [0.15, 0.2) is 0 Å². The fourth-order valence-electron chi connectivity index (χ4n) is 3.19. The molecule has 5 nitrogen and oxygen atoms in total. The highest BCUT2D eigenvalue weighted by Gasteiger charge is 2.31. The van der Waals surface area contributed by atoms with E-state index in [1.165, 1.54) is 12.8 Å². The molecule has 0 aromatic heterocycles. The van der Waals surface area contributed by atoms with E-state index in [-0.39, 0.29) is 12.1 Å². The van der Waals surface area contributed by atoms with E-state index in [0.29, 0.717) is 12.1 Å². The number of piperidine rings is 1. The molecular formula is C16H31N3O2. The van der Waals surface area contributed by atoms with Crippen LogP contribution in [0.4, 0.5) is 4.79 Å². The van der Waals surface area contributed by atoms with Crippen molar-refractivity contribution in [3.8, 4) is 0 Å². The number of nitrogens with one attached hydrogen (secondary N) is 2. The Hall–Kier alpha value is -0.810. The molecule has 2 fully saturated rings. The molecule has 1 amide bonds. The lowest BCUT2D eigenvalue weighted by atomic mass is 9.98. The number of likely N-dealkylation sites (tertiary alicyclic amines) is 1. The van der Waals surface area contributed by atoms with Crippen molar-refractivity contribution < 1.29 is 9.53 Å². The SMILES string of the molecule is CC1CC(NCC2CCCN2)CCN1C(=O)OC(C)(C)C. The van der Waals surface area contributed by atoms with E-state index in [2.05, 4.69) is 17.6 Å². The van der Waals surface area contributed by atoms with Crippen LogP contribution in [-0.4, -0.2) is 54.4 Å². The summed E-state index contributed by atoms with van der Waals surface area (Å²) >= 11 is 0. The maximum absolute atomic E-state index is 12.2. The van der Waals surface area contributed by atoms with Crippen LogP contribution in [0.1, 0.15) is 53.4 Å². The van der Waals surface area contributed by atoms with Gasteiger partial charge in [0.1, 0.15) is 5.60 Å². The Kier molecular flexibility index (Phi) is 5.49. The van der Waals surface area contributed by atoms with Crippen LogP contribution in [0, 0.1) is 0 Å². The Bertz CT molecular complexity index is 348. The van der Waals surface area contributed by atoms with Crippen LogP contribution in [-0.2, 0) is 4.74 Å². The summed E-state index contributed by atoms with van der Waals surface area (Å²) in [6.45, 7) is 10.8. The fraction of sp³-hybridized carbons (Fsp3) is 0.938. The molecule has 0 aromatic carbocycles. The van der Waals surface area contributed by atoms with E-state index in [1.807, 2.05) is 25.7 Å². The number of ether oxygens (including phenoxy) is 1. The zero-order valence-electron chi connectivity index (χ0n) is 13.9. The Morgan fingerprint density at radius 3 is 2.71 bits per heavy atom. The zero-order valence-corrected chi connectivity index (χ0v) is 13.9. The molecular weight excluding hydrogens is 266 g/mol. The summed E-state index contributed by atoms with van der Waals surface area (Å²) in [6, 6.07) is 1.38. The van der Waals surface area contributed by atoms with E-state index in [1.54, 1.807) is 0 Å². The Morgan fingerprint density at radius 2 is 2.14 bits per heavy atom. The van der Waals surface area contributed by atoms with Gasteiger partial charge in [-0.15, -0.1) is 0 Å². The second-order valence-electron chi connectivity index (χ2n) is 7.45. The molecule has 0 saturated carbocycles. The first-order valence-corrected chi connectivity index (χ1v) is 8.31. The largest absolute Gasteiger partial charge is 0.444 e. The molecule has 2 aliphatic heterocycles. The summed E-state index contributed by atoms with van der Waals surface area (Å²) in [5.41, 5.74) is -0.417. The van der Waals surface area contributed by atoms with Crippen LogP contribution in [0.3, 0.4) is 0 Å². The molecule has 2 heterocycles. The van der Waals surface area contributed by atoms with Gasteiger partial charge in [0.05, 0.1) is 0 Å². The van der Waals surface area contributed by atoms with Crippen molar-refractivity contribution in [1.29, 1.82) is 0 Å². The van der Waals surface area contributed by atoms with Crippen molar-refractivity contribution in [2.45, 2.75) is 77.1 Å². The summed E-state index contributed by atoms with van der Waals surface area (Å²) in [4.78, 5) is 14.0. The van der Waals surface area contributed by atoms with Gasteiger partial charge in [-0.2, -0.15) is 0 Å². The van der Waals surface area contributed by atoms with E-state index < -0.39 is 5.60 Å². The van der Waals surface area contributed by atoms with Gasteiger partial charge in [0.2, 0.25) is 0 Å². The maximum Gasteiger partial charge on any atom is 0.410 e. The van der Waals surface area contributed by atoms with Crippen LogP contribution in [0.5, 0.6) is 0 Å². The van der Waals surface area contributed by atoms with Crippen molar-refractivity contribution in [3.05, 3.63) is 0 Å². The Morgan fingerprint density at radius 1 is 1.38 bits per heavy atom. The van der Waals surface area contributed by atoms with Gasteiger partial charge in [-0.05, 0) is 59.9 Å². The second-order valence-corrected chi connectivity index (χ2v) is 7.45. The highest BCUT2D eigenvalue weighted by Crippen LogP contribution is 2.20. The van der Waals surface area contributed by atoms with E-state index in [9.17, 15) is 4.79 Å². The first-order valence-electron chi connectivity index (χ1n) is 8.31. The summed E-state index contributed by atoms with van der Waals surface area (Å²) in [5, 5.41) is 7.17. The van der Waals surface area contributed by atoms with Gasteiger partial charge < -0.3 is 20.3 Å². The molecule has 2 saturated heterocycles. The number of hydrogen-bond acceptors (Lipinski definition) is 4. The van der Waals surface area contributed by atoms with Gasteiger partial charge >= 0.3 is 6.09 Å². The van der Waals surface area contributed by atoms with Crippen LogP contribution >= 0.6 is 0 Å². The standard InChI is InChI=1S/C16H31N3O2/c1-12-10-13(18-11-14-6-5-8-17-14)7-9-19(12)15(20)21-16(2,3)4/h12-14,17-18H,5-11H2,1-4H3. The first-order chi connectivity index (χ1) is 9.85. The zero-order chi connectivity index (χ0) is 15.5. The molecule has 3 unspecified atom stereocenters. The van der Waals surface area contributed by atoms with Crippen molar-refractivity contribution in [3.63, 3.8) is 0 Å². The van der Waals surface area contributed by atoms with Gasteiger partial charge in [-0.25, -0.2) is 4.79 Å². The smallest absolute Gasteiger partial charge is 0.410 e. The molecule has 0 aromatic rings. The Balaban J connectivity index is 1.74. The minimum atomic E-state index is -0.417. The monoisotopic (exact) mass is 297 g/mol. The third-order valence-corrected chi connectivity index (χ3v) is 4.32. The molecule has 5 heteroatoms. The number of hydrogen-bond donors (Lipinski definition) is 2.